The van der Waals surface area contributed by atoms with Crippen LogP contribution in [0, 0.1) is 6.92 Å². The van der Waals surface area contributed by atoms with E-state index < -0.39 is 10.0 Å². The lowest BCUT2D eigenvalue weighted by molar-refractivity contribution is 0.405. The number of nitrogens with one attached hydrogen (secondary N) is 2. The Bertz CT molecular complexity index is 646. The van der Waals surface area contributed by atoms with Gasteiger partial charge in [0.1, 0.15) is 5.76 Å². The number of hydrogen-bond donors (Lipinski definition) is 2. The van der Waals surface area contributed by atoms with Gasteiger partial charge in [-0.15, -0.1) is 11.3 Å². The minimum absolute atomic E-state index is 0.103. The quantitative estimate of drug-likeness (QED) is 0.852. The number of thiazole rings is 1. The van der Waals surface area contributed by atoms with Gasteiger partial charge in [-0.25, -0.2) is 4.98 Å². The number of nitrogens with zero attached hydrogens (tertiary/aromatic N) is 1. The lowest BCUT2D eigenvalue weighted by Gasteiger charge is -2.01. The molecule has 0 spiro atoms. The van der Waals surface area contributed by atoms with Gasteiger partial charge in [0.2, 0.25) is 5.09 Å². The largest absolute Gasteiger partial charge is 0.446 e. The number of anilines is 1. The fourth-order valence-electron chi connectivity index (χ4n) is 1.41. The summed E-state index contributed by atoms with van der Waals surface area (Å²) in [6.07, 6.45) is 0. The predicted octanol–water partition coefficient (Wildman–Crippen LogP) is 1.95. The lowest BCUT2D eigenvalue weighted by Crippen LogP contribution is -2.12. The first-order valence-corrected chi connectivity index (χ1v) is 8.12. The average molecular weight is 301 g/mol. The van der Waals surface area contributed by atoms with Gasteiger partial charge in [-0.3, -0.25) is 4.72 Å². The van der Waals surface area contributed by atoms with Crippen LogP contribution in [0.1, 0.15) is 18.4 Å². The number of aryl methyl sites for hydroxylation is 1. The summed E-state index contributed by atoms with van der Waals surface area (Å²) in [7, 11) is -3.70. The maximum absolute atomic E-state index is 12.0. The van der Waals surface area contributed by atoms with E-state index in [0.717, 1.165) is 12.2 Å². The molecule has 0 aromatic carbocycles. The van der Waals surface area contributed by atoms with Crippen molar-refractivity contribution in [1.82, 2.24) is 10.3 Å². The Kier molecular flexibility index (Phi) is 4.23. The molecule has 8 heteroatoms. The molecule has 0 fully saturated rings. The minimum Gasteiger partial charge on any atom is -0.446 e. The molecule has 6 nitrogen and oxygen atoms in total. The normalized spacial score (nSPS) is 11.7. The molecule has 2 heterocycles. The molecule has 0 aliphatic carbocycles. The second kappa shape index (κ2) is 5.72. The van der Waals surface area contributed by atoms with Gasteiger partial charge in [-0.05, 0) is 25.6 Å². The van der Waals surface area contributed by atoms with E-state index in [-0.39, 0.29) is 5.09 Å². The molecule has 0 aliphatic rings. The van der Waals surface area contributed by atoms with Crippen LogP contribution in [0.3, 0.4) is 0 Å². The monoisotopic (exact) mass is 301 g/mol. The third-order valence-corrected chi connectivity index (χ3v) is 4.51. The molecule has 2 aromatic rings. The molecule has 0 bridgehead atoms. The van der Waals surface area contributed by atoms with Crippen LogP contribution in [0.15, 0.2) is 27.0 Å². The molecule has 0 aliphatic heterocycles. The van der Waals surface area contributed by atoms with Crippen LogP contribution < -0.4 is 10.0 Å². The van der Waals surface area contributed by atoms with E-state index in [1.807, 2.05) is 6.92 Å². The third kappa shape index (κ3) is 3.55. The van der Waals surface area contributed by atoms with Crippen LogP contribution in [0.4, 0.5) is 5.13 Å². The number of sulfonamides is 1. The molecule has 19 heavy (non-hydrogen) atoms. The predicted molar refractivity (Wildman–Crippen MR) is 73.7 cm³/mol. The molecular weight excluding hydrogens is 286 g/mol. The van der Waals surface area contributed by atoms with Crippen molar-refractivity contribution in [3.8, 4) is 0 Å². The molecule has 0 saturated carbocycles. The Labute approximate surface area is 115 Å². The summed E-state index contributed by atoms with van der Waals surface area (Å²) >= 11 is 1.24. The van der Waals surface area contributed by atoms with Crippen LogP contribution in [0.2, 0.25) is 0 Å². The van der Waals surface area contributed by atoms with Gasteiger partial charge in [-0.1, -0.05) is 6.92 Å². The first kappa shape index (κ1) is 14.0. The first-order valence-electron chi connectivity index (χ1n) is 5.75. The van der Waals surface area contributed by atoms with Crippen molar-refractivity contribution in [1.29, 1.82) is 0 Å². The SMILES string of the molecule is CCNCc1ccc(S(=O)(=O)Nc2nc(C)cs2)o1. The fraction of sp³-hybridized carbons (Fsp3) is 0.364. The highest BCUT2D eigenvalue weighted by molar-refractivity contribution is 7.92. The second-order valence-corrected chi connectivity index (χ2v) is 6.37. The van der Waals surface area contributed by atoms with Gasteiger partial charge in [0.05, 0.1) is 12.2 Å². The van der Waals surface area contributed by atoms with Gasteiger partial charge in [-0.2, -0.15) is 8.42 Å². The van der Waals surface area contributed by atoms with E-state index in [9.17, 15) is 8.42 Å². The van der Waals surface area contributed by atoms with Crippen molar-refractivity contribution >= 4 is 26.5 Å². The Morgan fingerprint density at radius 3 is 2.84 bits per heavy atom. The van der Waals surface area contributed by atoms with Crippen LogP contribution >= 0.6 is 11.3 Å². The Balaban J connectivity index is 2.13. The summed E-state index contributed by atoms with van der Waals surface area (Å²) in [6, 6.07) is 3.08. The summed E-state index contributed by atoms with van der Waals surface area (Å²) in [5.74, 6) is 0.581. The molecule has 0 atom stereocenters. The van der Waals surface area contributed by atoms with E-state index in [2.05, 4.69) is 15.0 Å². The highest BCUT2D eigenvalue weighted by atomic mass is 32.2. The maximum atomic E-state index is 12.0. The topological polar surface area (TPSA) is 84.2 Å². The van der Waals surface area contributed by atoms with Crippen molar-refractivity contribution in [2.24, 2.45) is 0 Å². The Hall–Kier alpha value is -1.38. The molecule has 0 saturated heterocycles. The van der Waals surface area contributed by atoms with E-state index in [1.165, 1.54) is 17.4 Å². The van der Waals surface area contributed by atoms with E-state index >= 15 is 0 Å². The van der Waals surface area contributed by atoms with Crippen LogP contribution in [-0.4, -0.2) is 19.9 Å². The maximum Gasteiger partial charge on any atom is 0.297 e. The Morgan fingerprint density at radius 2 is 2.21 bits per heavy atom. The van der Waals surface area contributed by atoms with E-state index in [4.69, 9.17) is 4.42 Å². The number of aromatic nitrogens is 1. The summed E-state index contributed by atoms with van der Waals surface area (Å²) in [5.41, 5.74) is 0.773. The summed E-state index contributed by atoms with van der Waals surface area (Å²) < 4.78 is 31.8. The van der Waals surface area contributed by atoms with Crippen LogP contribution in [0.5, 0.6) is 0 Å². The van der Waals surface area contributed by atoms with Crippen LogP contribution in [0.25, 0.3) is 0 Å². The summed E-state index contributed by atoms with van der Waals surface area (Å²) in [4.78, 5) is 4.05. The number of furan rings is 1. The van der Waals surface area contributed by atoms with Crippen molar-refractivity contribution in [3.63, 3.8) is 0 Å². The highest BCUT2D eigenvalue weighted by Crippen LogP contribution is 2.21. The molecule has 0 unspecified atom stereocenters. The molecule has 0 radical (unpaired) electrons. The zero-order valence-corrected chi connectivity index (χ0v) is 12.3. The van der Waals surface area contributed by atoms with Crippen LogP contribution in [-0.2, 0) is 16.6 Å². The van der Waals surface area contributed by atoms with Crippen molar-refractivity contribution in [2.75, 3.05) is 11.3 Å². The molecule has 0 amide bonds. The molecular formula is C11H15N3O3S2. The molecule has 104 valence electrons. The molecule has 2 aromatic heterocycles. The minimum atomic E-state index is -3.70. The number of rotatable bonds is 6. The van der Waals surface area contributed by atoms with Gasteiger partial charge < -0.3 is 9.73 Å². The van der Waals surface area contributed by atoms with Gasteiger partial charge >= 0.3 is 0 Å². The standard InChI is InChI=1S/C11H15N3O3S2/c1-3-12-6-9-4-5-10(17-9)19(15,16)14-11-13-8(2)7-18-11/h4-5,7,12H,3,6H2,1-2H3,(H,13,14). The number of hydrogen-bond acceptors (Lipinski definition) is 6. The lowest BCUT2D eigenvalue weighted by atomic mass is 10.4. The zero-order chi connectivity index (χ0) is 13.9. The first-order chi connectivity index (χ1) is 9.01. The Morgan fingerprint density at radius 1 is 1.42 bits per heavy atom. The van der Waals surface area contributed by atoms with E-state index in [1.54, 1.807) is 18.4 Å². The fourth-order valence-corrected chi connectivity index (χ4v) is 3.31. The van der Waals surface area contributed by atoms with Gasteiger partial charge in [0.25, 0.3) is 10.0 Å². The van der Waals surface area contributed by atoms with Crippen molar-refractivity contribution in [3.05, 3.63) is 29.0 Å². The molecule has 2 N–H and O–H groups in total. The van der Waals surface area contributed by atoms with Gasteiger partial charge in [0.15, 0.2) is 5.13 Å². The van der Waals surface area contributed by atoms with Crippen molar-refractivity contribution in [2.45, 2.75) is 25.5 Å². The molecule has 2 rings (SSSR count). The highest BCUT2D eigenvalue weighted by Gasteiger charge is 2.20. The summed E-state index contributed by atoms with van der Waals surface area (Å²) in [6.45, 7) is 5.06. The zero-order valence-electron chi connectivity index (χ0n) is 10.6. The second-order valence-electron chi connectivity index (χ2n) is 3.90. The van der Waals surface area contributed by atoms with E-state index in [0.29, 0.717) is 17.4 Å². The summed E-state index contributed by atoms with van der Waals surface area (Å²) in [5, 5.41) is 5.07. The third-order valence-electron chi connectivity index (χ3n) is 2.29. The smallest absolute Gasteiger partial charge is 0.297 e. The van der Waals surface area contributed by atoms with Gasteiger partial charge in [0, 0.05) is 5.38 Å². The van der Waals surface area contributed by atoms with Crippen molar-refractivity contribution < 1.29 is 12.8 Å². The average Bonchev–Trinajstić information content (AvgIpc) is 2.95.